The monoisotopic (exact) mass is 598 g/mol. The molecule has 2 unspecified atom stereocenters. The molecular weight excluding hydrogens is 573 g/mol. The summed E-state index contributed by atoms with van der Waals surface area (Å²) in [5.74, 6) is 4.80. The van der Waals surface area contributed by atoms with Crippen LogP contribution in [-0.4, -0.2) is 23.0 Å². The highest BCUT2D eigenvalue weighted by atomic mass is 36.2. The maximum Gasteiger partial charge on any atom is 0.0190 e. The molecule has 0 fully saturated rings. The Morgan fingerprint density at radius 1 is 0.615 bits per heavy atom. The molecule has 0 saturated heterocycles. The summed E-state index contributed by atoms with van der Waals surface area (Å²) in [6.45, 7) is 4.34. The van der Waals surface area contributed by atoms with Crippen LogP contribution in [0.1, 0.15) is 52.4 Å². The van der Waals surface area contributed by atoms with Gasteiger partial charge in [0.1, 0.15) is 0 Å². The third-order valence-electron chi connectivity index (χ3n) is 3.42. The Morgan fingerprint density at radius 2 is 0.962 bits per heavy atom. The lowest BCUT2D eigenvalue weighted by Gasteiger charge is -2.20. The zero-order chi connectivity index (χ0) is 20.1. The van der Waals surface area contributed by atoms with Crippen molar-refractivity contribution in [1.29, 1.82) is 0 Å². The molecule has 0 nitrogen and oxygen atoms in total. The van der Waals surface area contributed by atoms with Gasteiger partial charge < -0.3 is 0 Å². The predicted molar refractivity (Wildman–Crippen MR) is 146 cm³/mol. The van der Waals surface area contributed by atoms with Crippen molar-refractivity contribution in [2.45, 2.75) is 52.4 Å². The van der Waals surface area contributed by atoms with Gasteiger partial charge in [0.2, 0.25) is 0 Å². The number of unbranched alkanes of at least 4 members (excludes halogenated alkanes) is 2. The average molecular weight is 601 g/mol. The molecule has 12 heteroatoms. The van der Waals surface area contributed by atoms with Crippen LogP contribution < -0.4 is 0 Å². The minimum atomic E-state index is -1.92. The van der Waals surface area contributed by atoms with E-state index >= 15 is 0 Å². The Morgan fingerprint density at radius 3 is 1.27 bits per heavy atom. The SMILES string of the molecule is CC(CCCCSSSSCCCCC(C)CS(Cl)(Cl)Cl)CS(Cl)(Cl)Cl. The van der Waals surface area contributed by atoms with Crippen LogP contribution in [0.5, 0.6) is 0 Å². The van der Waals surface area contributed by atoms with Crippen LogP contribution in [-0.2, 0) is 0 Å². The van der Waals surface area contributed by atoms with E-state index in [0.29, 0.717) is 11.8 Å². The second-order valence-corrected chi connectivity index (χ2v) is 27.6. The van der Waals surface area contributed by atoms with Crippen LogP contribution in [0.25, 0.3) is 0 Å². The molecule has 0 N–H and O–H groups in total. The summed E-state index contributed by atoms with van der Waals surface area (Å²) in [7, 11) is 39.2. The van der Waals surface area contributed by atoms with Gasteiger partial charge in [-0.1, -0.05) is 48.3 Å². The van der Waals surface area contributed by atoms with Crippen molar-refractivity contribution in [2.75, 3.05) is 23.0 Å². The van der Waals surface area contributed by atoms with Gasteiger partial charge in [0.05, 0.1) is 0 Å². The lowest BCUT2D eigenvalue weighted by atomic mass is 10.1. The largest absolute Gasteiger partial charge is 0.0817 e. The molecule has 0 saturated carbocycles. The van der Waals surface area contributed by atoms with Gasteiger partial charge in [-0.25, -0.2) is 0 Å². The standard InChI is InChI=1S/C14H28Cl6S6/c1-13(11-25(15,16)17)7-3-5-9-21-23-24-22-10-6-4-8-14(2)12-26(18,19)20/h13-14H,3-12H2,1-2H3. The molecule has 0 amide bonds. The first-order valence-corrected chi connectivity index (χ1v) is 22.1. The number of hydrogen-bond acceptors (Lipinski definition) is 4. The molecule has 0 aromatic rings. The Kier molecular flexibility index (Phi) is 20.0. The molecule has 0 bridgehead atoms. The van der Waals surface area contributed by atoms with Crippen LogP contribution in [0.15, 0.2) is 0 Å². The topological polar surface area (TPSA) is 0 Å². The van der Waals surface area contributed by atoms with Crippen molar-refractivity contribution in [2.24, 2.45) is 11.8 Å². The lowest BCUT2D eigenvalue weighted by Crippen LogP contribution is -2.01. The Labute approximate surface area is 205 Å². The van der Waals surface area contributed by atoms with Crippen molar-refractivity contribution in [3.05, 3.63) is 0 Å². The summed E-state index contributed by atoms with van der Waals surface area (Å²) < 4.78 is 0. The summed E-state index contributed by atoms with van der Waals surface area (Å²) in [6, 6.07) is 0. The van der Waals surface area contributed by atoms with Gasteiger partial charge in [-0.15, -0.1) is 0 Å². The number of hydrogen-bond donors (Lipinski definition) is 0. The molecule has 0 radical (unpaired) electrons. The molecule has 2 atom stereocenters. The zero-order valence-electron chi connectivity index (χ0n) is 14.9. The minimum Gasteiger partial charge on any atom is -0.0817 e. The summed E-state index contributed by atoms with van der Waals surface area (Å²) in [5.41, 5.74) is 0. The van der Waals surface area contributed by atoms with Crippen LogP contribution in [0.2, 0.25) is 0 Å². The van der Waals surface area contributed by atoms with E-state index in [2.05, 4.69) is 13.8 Å². The highest BCUT2D eigenvalue weighted by Gasteiger charge is 2.18. The fourth-order valence-electron chi connectivity index (χ4n) is 2.23. The lowest BCUT2D eigenvalue weighted by molar-refractivity contribution is 0.559. The quantitative estimate of drug-likeness (QED) is 0.120. The second kappa shape index (κ2) is 17.4. The average Bonchev–Trinajstić information content (AvgIpc) is 2.44. The number of rotatable bonds is 17. The highest BCUT2D eigenvalue weighted by molar-refractivity contribution is 9.26. The van der Waals surface area contributed by atoms with Crippen LogP contribution >= 0.6 is 121 Å². The molecular formula is C14H28Cl6S6. The van der Waals surface area contributed by atoms with E-state index in [1.54, 1.807) is 0 Å². The van der Waals surface area contributed by atoms with E-state index in [0.717, 1.165) is 24.3 Å². The summed E-state index contributed by atoms with van der Waals surface area (Å²) in [5, 5.41) is 0. The van der Waals surface area contributed by atoms with Crippen LogP contribution in [0.3, 0.4) is 0 Å². The van der Waals surface area contributed by atoms with Crippen molar-refractivity contribution in [3.8, 4) is 0 Å². The van der Waals surface area contributed by atoms with E-state index in [1.807, 2.05) is 41.2 Å². The zero-order valence-corrected chi connectivity index (χ0v) is 24.4. The third kappa shape index (κ3) is 24.1. The summed E-state index contributed by atoms with van der Waals surface area (Å²) in [6.07, 6.45) is 7.16. The predicted octanol–water partition coefficient (Wildman–Crippen LogP) is 11.8. The van der Waals surface area contributed by atoms with Gasteiger partial charge in [-0.2, -0.15) is 0 Å². The fraction of sp³-hybridized carbons (Fsp3) is 1.00. The van der Waals surface area contributed by atoms with Crippen LogP contribution in [0, 0.1) is 11.8 Å². The van der Waals surface area contributed by atoms with Crippen LogP contribution in [0.4, 0.5) is 0 Å². The Hall–Kier alpha value is 3.84. The molecule has 0 spiro atoms. The second-order valence-electron chi connectivity index (χ2n) is 6.32. The summed E-state index contributed by atoms with van der Waals surface area (Å²) in [4.78, 5) is 0. The van der Waals surface area contributed by atoms with E-state index in [4.69, 9.17) is 64.1 Å². The van der Waals surface area contributed by atoms with E-state index < -0.39 is 15.3 Å². The molecule has 162 valence electrons. The number of halogens is 6. The van der Waals surface area contributed by atoms with Gasteiger partial charge in [0.25, 0.3) is 0 Å². The normalized spacial score (nSPS) is 16.5. The first-order valence-electron chi connectivity index (χ1n) is 8.37. The minimum absolute atomic E-state index is 0.499. The van der Waals surface area contributed by atoms with Crippen molar-refractivity contribution < 1.29 is 0 Å². The van der Waals surface area contributed by atoms with Crippen molar-refractivity contribution in [3.63, 3.8) is 0 Å². The summed E-state index contributed by atoms with van der Waals surface area (Å²) >= 11 is 0. The highest BCUT2D eigenvalue weighted by Crippen LogP contribution is 2.64. The van der Waals surface area contributed by atoms with Gasteiger partial charge in [-0.3, -0.25) is 0 Å². The Balaban J connectivity index is 3.30. The molecule has 0 aromatic carbocycles. The van der Waals surface area contributed by atoms with Gasteiger partial charge in [0, 0.05) is 23.0 Å². The molecule has 0 aliphatic heterocycles. The first-order chi connectivity index (χ1) is 12.0. The molecule has 0 aliphatic carbocycles. The third-order valence-corrected chi connectivity index (χ3v) is 14.2. The smallest absolute Gasteiger partial charge is 0.0190 e. The van der Waals surface area contributed by atoms with E-state index in [1.165, 1.54) is 37.2 Å². The maximum absolute atomic E-state index is 5.90. The Bertz CT molecular complexity index is 307. The van der Waals surface area contributed by atoms with Gasteiger partial charge in [-0.05, 0) is 137 Å². The molecule has 0 aromatic heterocycles. The van der Waals surface area contributed by atoms with Crippen molar-refractivity contribution >= 4 is 121 Å². The maximum atomic E-state index is 5.90. The molecule has 0 aliphatic rings. The molecule has 0 heterocycles. The molecule has 0 rings (SSSR count). The first kappa shape index (κ1) is 29.8. The molecule has 26 heavy (non-hydrogen) atoms. The van der Waals surface area contributed by atoms with Gasteiger partial charge in [0.15, 0.2) is 0 Å². The fourth-order valence-corrected chi connectivity index (χ4v) is 14.0. The van der Waals surface area contributed by atoms with E-state index in [-0.39, 0.29) is 0 Å². The van der Waals surface area contributed by atoms with Gasteiger partial charge >= 0.3 is 0 Å². The van der Waals surface area contributed by atoms with E-state index in [9.17, 15) is 0 Å². The van der Waals surface area contributed by atoms with Crippen molar-refractivity contribution in [1.82, 2.24) is 0 Å².